The lowest BCUT2D eigenvalue weighted by Gasteiger charge is -2.23. The first kappa shape index (κ1) is 18.6. The maximum atomic E-state index is 12.9. The summed E-state index contributed by atoms with van der Waals surface area (Å²) in [5.41, 5.74) is 1.85. The molecule has 2 aromatic carbocycles. The minimum Gasteiger partial charge on any atom is -0.497 e. The van der Waals surface area contributed by atoms with Crippen LogP contribution in [0.1, 0.15) is 19.3 Å². The van der Waals surface area contributed by atoms with Crippen molar-refractivity contribution in [3.63, 3.8) is 0 Å². The quantitative estimate of drug-likeness (QED) is 0.714. The Morgan fingerprint density at radius 3 is 2.50 bits per heavy atom. The number of hydrogen-bond acceptors (Lipinski definition) is 4. The average Bonchev–Trinajstić information content (AvgIpc) is 2.75. The normalized spacial score (nSPS) is 14.9. The van der Waals surface area contributed by atoms with Crippen LogP contribution in [0.4, 0.5) is 0 Å². The van der Waals surface area contributed by atoms with Crippen molar-refractivity contribution >= 4 is 11.0 Å². The van der Waals surface area contributed by atoms with E-state index in [1.54, 1.807) is 24.1 Å². The SMILES string of the molecule is COc1ccc(-c2coc3cc(OCC[NH+]4CCCCC4)ccc3c2=O)cc1. The Balaban J connectivity index is 1.49. The summed E-state index contributed by atoms with van der Waals surface area (Å²) in [4.78, 5) is 14.5. The van der Waals surface area contributed by atoms with E-state index in [0.29, 0.717) is 23.1 Å². The van der Waals surface area contributed by atoms with E-state index in [1.165, 1.54) is 38.6 Å². The van der Waals surface area contributed by atoms with Crippen LogP contribution >= 0.6 is 0 Å². The van der Waals surface area contributed by atoms with E-state index in [1.807, 2.05) is 30.3 Å². The van der Waals surface area contributed by atoms with Crippen LogP contribution in [0.2, 0.25) is 0 Å². The van der Waals surface area contributed by atoms with Crippen LogP contribution < -0.4 is 19.8 Å². The zero-order chi connectivity index (χ0) is 19.3. The molecule has 146 valence electrons. The molecule has 0 spiro atoms. The molecule has 5 nitrogen and oxygen atoms in total. The molecule has 3 aromatic rings. The Morgan fingerprint density at radius 2 is 1.75 bits per heavy atom. The van der Waals surface area contributed by atoms with Gasteiger partial charge in [0.15, 0.2) is 5.43 Å². The van der Waals surface area contributed by atoms with Crippen molar-refractivity contribution in [2.45, 2.75) is 19.3 Å². The highest BCUT2D eigenvalue weighted by Crippen LogP contribution is 2.24. The number of piperidine rings is 1. The summed E-state index contributed by atoms with van der Waals surface area (Å²) in [7, 11) is 1.62. The average molecular weight is 380 g/mol. The number of rotatable bonds is 6. The van der Waals surface area contributed by atoms with Crippen molar-refractivity contribution in [1.82, 2.24) is 0 Å². The Hall–Kier alpha value is -2.79. The van der Waals surface area contributed by atoms with Crippen molar-refractivity contribution in [1.29, 1.82) is 0 Å². The second kappa shape index (κ2) is 8.48. The van der Waals surface area contributed by atoms with E-state index in [-0.39, 0.29) is 5.43 Å². The van der Waals surface area contributed by atoms with Gasteiger partial charge >= 0.3 is 0 Å². The van der Waals surface area contributed by atoms with Crippen molar-refractivity contribution in [3.05, 3.63) is 59.0 Å². The molecule has 28 heavy (non-hydrogen) atoms. The molecule has 0 amide bonds. The summed E-state index contributed by atoms with van der Waals surface area (Å²) in [6.45, 7) is 4.17. The number of likely N-dealkylation sites (tertiary alicyclic amines) is 1. The summed E-state index contributed by atoms with van der Waals surface area (Å²) in [6.07, 6.45) is 5.50. The van der Waals surface area contributed by atoms with Gasteiger partial charge in [0.1, 0.15) is 36.5 Å². The zero-order valence-corrected chi connectivity index (χ0v) is 16.2. The van der Waals surface area contributed by atoms with Crippen molar-refractivity contribution < 1.29 is 18.8 Å². The Labute approximate surface area is 164 Å². The van der Waals surface area contributed by atoms with Crippen LogP contribution in [-0.2, 0) is 0 Å². The highest BCUT2D eigenvalue weighted by atomic mass is 16.5. The molecule has 1 aliphatic rings. The van der Waals surface area contributed by atoms with E-state index in [0.717, 1.165) is 23.6 Å². The molecule has 1 saturated heterocycles. The zero-order valence-electron chi connectivity index (χ0n) is 16.2. The lowest BCUT2D eigenvalue weighted by atomic mass is 10.1. The van der Waals surface area contributed by atoms with Crippen LogP contribution in [0, 0.1) is 0 Å². The third-order valence-electron chi connectivity index (χ3n) is 5.43. The van der Waals surface area contributed by atoms with Gasteiger partial charge in [0.25, 0.3) is 0 Å². The molecule has 0 aliphatic carbocycles. The van der Waals surface area contributed by atoms with Gasteiger partial charge in [0.05, 0.1) is 31.1 Å². The molecule has 1 aliphatic heterocycles. The minimum atomic E-state index is -0.0456. The van der Waals surface area contributed by atoms with Gasteiger partial charge in [0, 0.05) is 6.07 Å². The van der Waals surface area contributed by atoms with Gasteiger partial charge in [-0.1, -0.05) is 12.1 Å². The number of fused-ring (bicyclic) bond motifs is 1. The molecule has 0 radical (unpaired) electrons. The predicted octanol–water partition coefficient (Wildman–Crippen LogP) is 2.92. The maximum Gasteiger partial charge on any atom is 0.200 e. The second-order valence-corrected chi connectivity index (χ2v) is 7.27. The van der Waals surface area contributed by atoms with Crippen molar-refractivity contribution in [2.24, 2.45) is 0 Å². The number of nitrogens with one attached hydrogen (secondary N) is 1. The molecule has 0 saturated carbocycles. The number of benzene rings is 2. The van der Waals surface area contributed by atoms with Crippen LogP contribution in [0.25, 0.3) is 22.1 Å². The fraction of sp³-hybridized carbons (Fsp3) is 0.348. The van der Waals surface area contributed by atoms with E-state index in [4.69, 9.17) is 13.9 Å². The Morgan fingerprint density at radius 1 is 1.00 bits per heavy atom. The Kier molecular flexibility index (Phi) is 5.63. The first-order valence-corrected chi connectivity index (χ1v) is 9.91. The summed E-state index contributed by atoms with van der Waals surface area (Å²) in [6, 6.07) is 12.8. The van der Waals surface area contributed by atoms with E-state index < -0.39 is 0 Å². The van der Waals surface area contributed by atoms with Crippen LogP contribution in [0.3, 0.4) is 0 Å². The van der Waals surface area contributed by atoms with Gasteiger partial charge in [-0.2, -0.15) is 0 Å². The highest BCUT2D eigenvalue weighted by Gasteiger charge is 2.14. The fourth-order valence-electron chi connectivity index (χ4n) is 3.78. The number of quaternary nitrogens is 1. The van der Waals surface area contributed by atoms with Crippen molar-refractivity contribution in [3.8, 4) is 22.6 Å². The highest BCUT2D eigenvalue weighted by molar-refractivity contribution is 5.82. The first-order chi connectivity index (χ1) is 13.7. The van der Waals surface area contributed by atoms with Gasteiger partial charge in [0.2, 0.25) is 0 Å². The van der Waals surface area contributed by atoms with Crippen LogP contribution in [0.15, 0.2) is 57.9 Å². The van der Waals surface area contributed by atoms with Crippen molar-refractivity contribution in [2.75, 3.05) is 33.4 Å². The fourth-order valence-corrected chi connectivity index (χ4v) is 3.78. The van der Waals surface area contributed by atoms with Gasteiger partial charge in [-0.3, -0.25) is 4.79 Å². The molecule has 0 bridgehead atoms. The molecule has 5 heteroatoms. The first-order valence-electron chi connectivity index (χ1n) is 9.91. The van der Waals surface area contributed by atoms with E-state index in [9.17, 15) is 4.79 Å². The standard InChI is InChI=1S/C23H25NO4/c1-26-18-7-5-17(6-8-18)21-16-28-22-15-19(9-10-20(22)23(21)25)27-14-13-24-11-3-2-4-12-24/h5-10,15-16H,2-4,11-14H2,1H3/p+1. The summed E-state index contributed by atoms with van der Waals surface area (Å²) in [5, 5.41) is 0.558. The molecule has 2 heterocycles. The molecule has 1 aromatic heterocycles. The van der Waals surface area contributed by atoms with Gasteiger partial charge in [-0.15, -0.1) is 0 Å². The Bertz CT molecular complexity index is 988. The lowest BCUT2D eigenvalue weighted by molar-refractivity contribution is -0.904. The molecule has 0 unspecified atom stereocenters. The summed E-state index contributed by atoms with van der Waals surface area (Å²) >= 11 is 0. The van der Waals surface area contributed by atoms with Gasteiger partial charge < -0.3 is 18.8 Å². The second-order valence-electron chi connectivity index (χ2n) is 7.27. The summed E-state index contributed by atoms with van der Waals surface area (Å²) < 4.78 is 16.8. The maximum absolute atomic E-state index is 12.9. The number of hydrogen-bond donors (Lipinski definition) is 1. The smallest absolute Gasteiger partial charge is 0.200 e. The topological polar surface area (TPSA) is 53.1 Å². The van der Waals surface area contributed by atoms with Gasteiger partial charge in [-0.05, 0) is 49.1 Å². The largest absolute Gasteiger partial charge is 0.497 e. The minimum absolute atomic E-state index is 0.0456. The van der Waals surface area contributed by atoms with E-state index in [2.05, 4.69) is 0 Å². The third kappa shape index (κ3) is 4.04. The predicted molar refractivity (Wildman–Crippen MR) is 109 cm³/mol. The summed E-state index contributed by atoms with van der Waals surface area (Å²) in [5.74, 6) is 1.49. The van der Waals surface area contributed by atoms with Gasteiger partial charge in [-0.25, -0.2) is 0 Å². The number of ether oxygens (including phenoxy) is 2. The van der Waals surface area contributed by atoms with Crippen LogP contribution in [-0.4, -0.2) is 33.4 Å². The van der Waals surface area contributed by atoms with E-state index >= 15 is 0 Å². The monoisotopic (exact) mass is 380 g/mol. The third-order valence-corrected chi connectivity index (χ3v) is 5.43. The molecule has 1 N–H and O–H groups in total. The molecular formula is C23H26NO4+. The molecule has 4 rings (SSSR count). The lowest BCUT2D eigenvalue weighted by Crippen LogP contribution is -3.13. The molecule has 0 atom stereocenters. The molecule has 1 fully saturated rings. The molecular weight excluding hydrogens is 354 g/mol. The number of methoxy groups -OCH3 is 1. The van der Waals surface area contributed by atoms with Crippen LogP contribution in [0.5, 0.6) is 11.5 Å².